The Hall–Kier alpha value is -1.31. The first-order valence-corrected chi connectivity index (χ1v) is 4.75. The maximum atomic E-state index is 5.27. The van der Waals surface area contributed by atoms with Crippen LogP contribution in [-0.2, 0) is 6.42 Å². The summed E-state index contributed by atoms with van der Waals surface area (Å²) in [7, 11) is 0. The van der Waals surface area contributed by atoms with Gasteiger partial charge in [0.15, 0.2) is 0 Å². The lowest BCUT2D eigenvalue weighted by Crippen LogP contribution is -1.80. The molecule has 0 aliphatic rings. The topological polar surface area (TPSA) is 26.0 Å². The molecule has 0 aliphatic heterocycles. The molecule has 0 atom stereocenters. The molecular weight excluding hydrogens is 162 g/mol. The van der Waals surface area contributed by atoms with Gasteiger partial charge < -0.3 is 4.52 Å². The van der Waals surface area contributed by atoms with Gasteiger partial charge in [-0.3, -0.25) is 0 Å². The van der Waals surface area contributed by atoms with Gasteiger partial charge in [0.25, 0.3) is 0 Å². The van der Waals surface area contributed by atoms with E-state index in [1.807, 2.05) is 18.2 Å². The third kappa shape index (κ3) is 1.57. The van der Waals surface area contributed by atoms with Crippen molar-refractivity contribution in [3.63, 3.8) is 0 Å². The van der Waals surface area contributed by atoms with Crippen molar-refractivity contribution in [3.8, 4) is 0 Å². The van der Waals surface area contributed by atoms with Gasteiger partial charge in [0.05, 0.1) is 0 Å². The molecule has 0 fully saturated rings. The predicted molar refractivity (Wildman–Crippen MR) is 52.6 cm³/mol. The quantitative estimate of drug-likeness (QED) is 0.716. The van der Waals surface area contributed by atoms with Gasteiger partial charge in [0, 0.05) is 11.8 Å². The van der Waals surface area contributed by atoms with Crippen LogP contribution in [0.15, 0.2) is 28.8 Å². The summed E-state index contributed by atoms with van der Waals surface area (Å²) < 4.78 is 5.27. The molecule has 2 nitrogen and oxygen atoms in total. The minimum Gasteiger partial charge on any atom is -0.360 e. The molecule has 68 valence electrons. The Morgan fingerprint density at radius 3 is 3.00 bits per heavy atom. The highest BCUT2D eigenvalue weighted by atomic mass is 16.5. The first kappa shape index (κ1) is 8.30. The summed E-state index contributed by atoms with van der Waals surface area (Å²) in [6, 6.07) is 8.05. The molecule has 2 heteroatoms. The van der Waals surface area contributed by atoms with E-state index in [1.165, 1.54) is 12.8 Å². The standard InChI is InChI=1S/C11H13NO/c1-2-3-8-11-9-6-4-5-7-10(9)12-13-11/h4-7H,2-3,8H2,1H3. The maximum absolute atomic E-state index is 5.27. The van der Waals surface area contributed by atoms with Crippen molar-refractivity contribution in [2.45, 2.75) is 26.2 Å². The lowest BCUT2D eigenvalue weighted by molar-refractivity contribution is 0.388. The molecule has 0 saturated carbocycles. The highest BCUT2D eigenvalue weighted by Crippen LogP contribution is 2.19. The summed E-state index contributed by atoms with van der Waals surface area (Å²) in [6.45, 7) is 2.18. The van der Waals surface area contributed by atoms with Crippen LogP contribution in [0.3, 0.4) is 0 Å². The van der Waals surface area contributed by atoms with Crippen LogP contribution in [0.5, 0.6) is 0 Å². The molecule has 0 amide bonds. The lowest BCUT2D eigenvalue weighted by Gasteiger charge is -1.92. The second-order valence-electron chi connectivity index (χ2n) is 3.23. The summed E-state index contributed by atoms with van der Waals surface area (Å²) >= 11 is 0. The second kappa shape index (κ2) is 3.60. The summed E-state index contributed by atoms with van der Waals surface area (Å²) in [6.07, 6.45) is 3.35. The van der Waals surface area contributed by atoms with Crippen LogP contribution < -0.4 is 0 Å². The van der Waals surface area contributed by atoms with Gasteiger partial charge in [-0.15, -0.1) is 0 Å². The Labute approximate surface area is 77.5 Å². The van der Waals surface area contributed by atoms with Gasteiger partial charge in [0.1, 0.15) is 11.3 Å². The molecule has 0 spiro atoms. The van der Waals surface area contributed by atoms with E-state index in [0.717, 1.165) is 23.1 Å². The Balaban J connectivity index is 2.35. The summed E-state index contributed by atoms with van der Waals surface area (Å²) in [4.78, 5) is 0. The number of nitrogens with zero attached hydrogens (tertiary/aromatic N) is 1. The van der Waals surface area contributed by atoms with Crippen molar-refractivity contribution < 1.29 is 4.52 Å². The third-order valence-electron chi connectivity index (χ3n) is 2.22. The molecule has 0 radical (unpaired) electrons. The van der Waals surface area contributed by atoms with E-state index in [1.54, 1.807) is 0 Å². The van der Waals surface area contributed by atoms with Crippen LogP contribution in [-0.4, -0.2) is 5.16 Å². The van der Waals surface area contributed by atoms with Crippen molar-refractivity contribution in [1.82, 2.24) is 5.16 Å². The van der Waals surface area contributed by atoms with Crippen molar-refractivity contribution in [3.05, 3.63) is 30.0 Å². The maximum Gasteiger partial charge on any atom is 0.144 e. The molecule has 0 bridgehead atoms. The third-order valence-corrected chi connectivity index (χ3v) is 2.22. The molecule has 1 aromatic heterocycles. The molecule has 2 aromatic rings. The fraction of sp³-hybridized carbons (Fsp3) is 0.364. The molecule has 0 aliphatic carbocycles. The van der Waals surface area contributed by atoms with Crippen LogP contribution in [0.25, 0.3) is 10.9 Å². The normalized spacial score (nSPS) is 10.8. The number of aromatic nitrogens is 1. The van der Waals surface area contributed by atoms with E-state index in [-0.39, 0.29) is 0 Å². The Morgan fingerprint density at radius 2 is 2.15 bits per heavy atom. The van der Waals surface area contributed by atoms with E-state index < -0.39 is 0 Å². The SMILES string of the molecule is CCCCc1onc2ccccc12. The Morgan fingerprint density at radius 1 is 1.31 bits per heavy atom. The number of hydrogen-bond acceptors (Lipinski definition) is 2. The zero-order valence-electron chi connectivity index (χ0n) is 7.79. The van der Waals surface area contributed by atoms with Crippen LogP contribution >= 0.6 is 0 Å². The van der Waals surface area contributed by atoms with Crippen molar-refractivity contribution in [2.75, 3.05) is 0 Å². The molecule has 0 N–H and O–H groups in total. The summed E-state index contributed by atoms with van der Waals surface area (Å²) in [5.74, 6) is 1.03. The van der Waals surface area contributed by atoms with Crippen LogP contribution in [0.4, 0.5) is 0 Å². The average molecular weight is 175 g/mol. The van der Waals surface area contributed by atoms with E-state index in [0.29, 0.717) is 0 Å². The summed E-state index contributed by atoms with van der Waals surface area (Å²) in [5, 5.41) is 5.16. The molecular formula is C11H13NO. The zero-order chi connectivity index (χ0) is 9.10. The minimum atomic E-state index is 0.966. The predicted octanol–water partition coefficient (Wildman–Crippen LogP) is 3.17. The Bertz CT molecular complexity index is 392. The number of unbranched alkanes of at least 4 members (excludes halogenated alkanes) is 1. The van der Waals surface area contributed by atoms with Crippen molar-refractivity contribution in [2.24, 2.45) is 0 Å². The first-order chi connectivity index (χ1) is 6.42. The molecule has 0 unspecified atom stereocenters. The molecule has 0 saturated heterocycles. The van der Waals surface area contributed by atoms with Gasteiger partial charge in [-0.1, -0.05) is 30.6 Å². The second-order valence-corrected chi connectivity index (χ2v) is 3.23. The largest absolute Gasteiger partial charge is 0.360 e. The molecule has 2 rings (SSSR count). The summed E-state index contributed by atoms with van der Waals surface area (Å²) in [5.41, 5.74) is 0.966. The minimum absolute atomic E-state index is 0.966. The van der Waals surface area contributed by atoms with E-state index in [4.69, 9.17) is 4.52 Å². The number of benzene rings is 1. The Kier molecular flexibility index (Phi) is 2.30. The van der Waals surface area contributed by atoms with Crippen LogP contribution in [0.1, 0.15) is 25.5 Å². The monoisotopic (exact) mass is 175 g/mol. The number of hydrogen-bond donors (Lipinski definition) is 0. The molecule has 1 heterocycles. The smallest absolute Gasteiger partial charge is 0.144 e. The van der Waals surface area contributed by atoms with E-state index in [2.05, 4.69) is 18.1 Å². The van der Waals surface area contributed by atoms with E-state index >= 15 is 0 Å². The molecule has 1 aromatic carbocycles. The number of aryl methyl sites for hydroxylation is 1. The van der Waals surface area contributed by atoms with E-state index in [9.17, 15) is 0 Å². The van der Waals surface area contributed by atoms with Gasteiger partial charge in [0.2, 0.25) is 0 Å². The highest BCUT2D eigenvalue weighted by molar-refractivity contribution is 5.80. The van der Waals surface area contributed by atoms with Crippen LogP contribution in [0, 0.1) is 0 Å². The van der Waals surface area contributed by atoms with Crippen molar-refractivity contribution in [1.29, 1.82) is 0 Å². The number of rotatable bonds is 3. The van der Waals surface area contributed by atoms with Gasteiger partial charge in [-0.25, -0.2) is 0 Å². The van der Waals surface area contributed by atoms with Gasteiger partial charge in [-0.2, -0.15) is 0 Å². The average Bonchev–Trinajstić information content (AvgIpc) is 2.58. The lowest BCUT2D eigenvalue weighted by atomic mass is 10.1. The fourth-order valence-electron chi connectivity index (χ4n) is 1.46. The van der Waals surface area contributed by atoms with Crippen LogP contribution in [0.2, 0.25) is 0 Å². The van der Waals surface area contributed by atoms with Gasteiger partial charge in [-0.05, 0) is 18.6 Å². The zero-order valence-corrected chi connectivity index (χ0v) is 7.79. The van der Waals surface area contributed by atoms with Gasteiger partial charge >= 0.3 is 0 Å². The molecule has 13 heavy (non-hydrogen) atoms. The highest BCUT2D eigenvalue weighted by Gasteiger charge is 2.05. The first-order valence-electron chi connectivity index (χ1n) is 4.75. The van der Waals surface area contributed by atoms with Crippen molar-refractivity contribution >= 4 is 10.9 Å². The fourth-order valence-corrected chi connectivity index (χ4v) is 1.46. The number of fused-ring (bicyclic) bond motifs is 1.